The minimum atomic E-state index is 0.498. The van der Waals surface area contributed by atoms with Crippen LogP contribution in [0.5, 0.6) is 11.5 Å². The fourth-order valence-electron chi connectivity index (χ4n) is 1.90. The summed E-state index contributed by atoms with van der Waals surface area (Å²) < 4.78 is 10.6. The van der Waals surface area contributed by atoms with Gasteiger partial charge in [0, 0.05) is 13.1 Å². The summed E-state index contributed by atoms with van der Waals surface area (Å²) in [5.74, 6) is 2.82. The molecule has 0 radical (unpaired) electrons. The van der Waals surface area contributed by atoms with Gasteiger partial charge in [-0.2, -0.15) is 0 Å². The van der Waals surface area contributed by atoms with Gasteiger partial charge < -0.3 is 20.5 Å². The number of guanidine groups is 1. The molecule has 1 aromatic carbocycles. The summed E-state index contributed by atoms with van der Waals surface area (Å²) in [5.41, 5.74) is 6.92. The highest BCUT2D eigenvalue weighted by molar-refractivity contribution is 5.77. The first-order chi connectivity index (χ1) is 10.1. The highest BCUT2D eigenvalue weighted by atomic mass is 16.5. The van der Waals surface area contributed by atoms with Crippen molar-refractivity contribution in [1.29, 1.82) is 0 Å². The number of aliphatic imine (C=N–C) groups is 1. The van der Waals surface area contributed by atoms with E-state index in [1.807, 2.05) is 18.2 Å². The second-order valence-electron chi connectivity index (χ2n) is 5.30. The number of ether oxygens (including phenoxy) is 2. The van der Waals surface area contributed by atoms with Gasteiger partial charge in [-0.05, 0) is 42.5 Å². The van der Waals surface area contributed by atoms with Crippen molar-refractivity contribution < 1.29 is 9.47 Å². The zero-order valence-corrected chi connectivity index (χ0v) is 13.5. The molecule has 1 rings (SSSR count). The third kappa shape index (κ3) is 6.38. The van der Waals surface area contributed by atoms with E-state index in [9.17, 15) is 0 Å². The van der Waals surface area contributed by atoms with Crippen LogP contribution in [0.1, 0.15) is 25.8 Å². The molecule has 0 unspecified atom stereocenters. The monoisotopic (exact) mass is 293 g/mol. The van der Waals surface area contributed by atoms with Crippen LogP contribution in [0.2, 0.25) is 0 Å². The van der Waals surface area contributed by atoms with Crippen LogP contribution in [0.25, 0.3) is 0 Å². The van der Waals surface area contributed by atoms with Crippen molar-refractivity contribution >= 4 is 5.96 Å². The molecule has 0 aliphatic heterocycles. The van der Waals surface area contributed by atoms with Crippen LogP contribution >= 0.6 is 0 Å². The lowest BCUT2D eigenvalue weighted by atomic mass is 10.1. The fourth-order valence-corrected chi connectivity index (χ4v) is 1.90. The number of benzene rings is 1. The Morgan fingerprint density at radius 2 is 2.05 bits per heavy atom. The number of rotatable bonds is 8. The molecular weight excluding hydrogens is 266 g/mol. The van der Waals surface area contributed by atoms with Crippen LogP contribution < -0.4 is 20.5 Å². The molecule has 0 saturated carbocycles. The molecule has 0 fully saturated rings. The summed E-state index contributed by atoms with van der Waals surface area (Å²) in [4.78, 5) is 4.30. The maximum absolute atomic E-state index is 5.83. The van der Waals surface area contributed by atoms with E-state index >= 15 is 0 Å². The molecule has 0 aromatic heterocycles. The average molecular weight is 293 g/mol. The molecule has 21 heavy (non-hydrogen) atoms. The van der Waals surface area contributed by atoms with E-state index in [4.69, 9.17) is 15.2 Å². The van der Waals surface area contributed by atoms with Gasteiger partial charge in [0.1, 0.15) is 11.5 Å². The minimum absolute atomic E-state index is 0.498. The third-order valence-electron chi connectivity index (χ3n) is 3.18. The van der Waals surface area contributed by atoms with E-state index in [1.54, 1.807) is 14.2 Å². The van der Waals surface area contributed by atoms with Crippen molar-refractivity contribution in [2.24, 2.45) is 16.6 Å². The summed E-state index contributed by atoms with van der Waals surface area (Å²) in [6, 6.07) is 5.78. The van der Waals surface area contributed by atoms with E-state index in [-0.39, 0.29) is 0 Å². The van der Waals surface area contributed by atoms with Crippen LogP contribution in [0, 0.1) is 5.92 Å². The SMILES string of the molecule is COc1ccc(OC)c(CCNC(N)=NCCC(C)C)c1. The van der Waals surface area contributed by atoms with Crippen molar-refractivity contribution in [2.75, 3.05) is 27.3 Å². The van der Waals surface area contributed by atoms with E-state index in [0.717, 1.165) is 36.4 Å². The zero-order valence-electron chi connectivity index (χ0n) is 13.5. The topological polar surface area (TPSA) is 68.9 Å². The summed E-state index contributed by atoms with van der Waals surface area (Å²) in [5, 5.41) is 3.13. The molecule has 0 bridgehead atoms. The molecule has 0 spiro atoms. The number of nitrogens with two attached hydrogens (primary N) is 1. The van der Waals surface area contributed by atoms with Gasteiger partial charge in [-0.1, -0.05) is 13.8 Å². The largest absolute Gasteiger partial charge is 0.497 e. The second-order valence-corrected chi connectivity index (χ2v) is 5.30. The maximum Gasteiger partial charge on any atom is 0.188 e. The van der Waals surface area contributed by atoms with Gasteiger partial charge in [-0.15, -0.1) is 0 Å². The number of nitrogens with one attached hydrogen (secondary N) is 1. The molecule has 0 amide bonds. The number of methoxy groups -OCH3 is 2. The summed E-state index contributed by atoms with van der Waals surface area (Å²) >= 11 is 0. The third-order valence-corrected chi connectivity index (χ3v) is 3.18. The number of nitrogens with zero attached hydrogens (tertiary/aromatic N) is 1. The lowest BCUT2D eigenvalue weighted by Crippen LogP contribution is -2.33. The van der Waals surface area contributed by atoms with Gasteiger partial charge in [-0.3, -0.25) is 4.99 Å². The Morgan fingerprint density at radius 3 is 2.67 bits per heavy atom. The first kappa shape index (κ1) is 17.1. The van der Waals surface area contributed by atoms with Crippen LogP contribution in [-0.2, 0) is 6.42 Å². The molecule has 0 atom stereocenters. The standard InChI is InChI=1S/C16H27N3O2/c1-12(2)7-9-18-16(17)19-10-8-13-11-14(20-3)5-6-15(13)21-4/h5-6,11-12H,7-10H2,1-4H3,(H3,17,18,19). The van der Waals surface area contributed by atoms with Crippen LogP contribution in [0.15, 0.2) is 23.2 Å². The zero-order chi connectivity index (χ0) is 15.7. The lowest BCUT2D eigenvalue weighted by molar-refractivity contribution is 0.398. The smallest absolute Gasteiger partial charge is 0.188 e. The average Bonchev–Trinajstić information content (AvgIpc) is 2.46. The Labute approximate surface area is 127 Å². The van der Waals surface area contributed by atoms with Gasteiger partial charge in [0.15, 0.2) is 5.96 Å². The van der Waals surface area contributed by atoms with Crippen molar-refractivity contribution in [3.05, 3.63) is 23.8 Å². The molecule has 0 saturated heterocycles. The van der Waals surface area contributed by atoms with Crippen molar-refractivity contribution in [2.45, 2.75) is 26.7 Å². The fraction of sp³-hybridized carbons (Fsp3) is 0.562. The molecule has 5 heteroatoms. The predicted molar refractivity (Wildman–Crippen MR) is 87.2 cm³/mol. The summed E-state index contributed by atoms with van der Waals surface area (Å²) in [6.07, 6.45) is 1.84. The van der Waals surface area contributed by atoms with E-state index in [1.165, 1.54) is 0 Å². The Kier molecular flexibility index (Phi) is 7.43. The van der Waals surface area contributed by atoms with Crippen LogP contribution in [0.4, 0.5) is 0 Å². The van der Waals surface area contributed by atoms with Crippen LogP contribution in [0.3, 0.4) is 0 Å². The lowest BCUT2D eigenvalue weighted by Gasteiger charge is -2.11. The quantitative estimate of drug-likeness (QED) is 0.569. The maximum atomic E-state index is 5.83. The van der Waals surface area contributed by atoms with Gasteiger partial charge in [-0.25, -0.2) is 0 Å². The Morgan fingerprint density at radius 1 is 1.29 bits per heavy atom. The molecular formula is C16H27N3O2. The second kappa shape index (κ2) is 9.10. The molecule has 5 nitrogen and oxygen atoms in total. The molecule has 1 aromatic rings. The minimum Gasteiger partial charge on any atom is -0.497 e. The molecule has 0 aliphatic rings. The van der Waals surface area contributed by atoms with E-state index < -0.39 is 0 Å². The Bertz CT molecular complexity index is 459. The first-order valence-corrected chi connectivity index (χ1v) is 7.31. The van der Waals surface area contributed by atoms with Gasteiger partial charge in [0.05, 0.1) is 14.2 Å². The van der Waals surface area contributed by atoms with Crippen molar-refractivity contribution in [3.63, 3.8) is 0 Å². The van der Waals surface area contributed by atoms with E-state index in [2.05, 4.69) is 24.2 Å². The molecule has 3 N–H and O–H groups in total. The first-order valence-electron chi connectivity index (χ1n) is 7.31. The molecule has 0 aliphatic carbocycles. The van der Waals surface area contributed by atoms with Gasteiger partial charge in [0.25, 0.3) is 0 Å². The molecule has 118 valence electrons. The number of hydrogen-bond donors (Lipinski definition) is 2. The highest BCUT2D eigenvalue weighted by Crippen LogP contribution is 2.23. The summed E-state index contributed by atoms with van der Waals surface area (Å²) in [7, 11) is 3.32. The Balaban J connectivity index is 2.47. The van der Waals surface area contributed by atoms with Gasteiger partial charge >= 0.3 is 0 Å². The molecule has 0 heterocycles. The van der Waals surface area contributed by atoms with Gasteiger partial charge in [0.2, 0.25) is 0 Å². The van der Waals surface area contributed by atoms with Crippen molar-refractivity contribution in [1.82, 2.24) is 5.32 Å². The highest BCUT2D eigenvalue weighted by Gasteiger charge is 2.05. The number of hydrogen-bond acceptors (Lipinski definition) is 3. The van der Waals surface area contributed by atoms with Crippen molar-refractivity contribution in [3.8, 4) is 11.5 Å². The Hall–Kier alpha value is -1.91. The normalized spacial score (nSPS) is 11.6. The van der Waals surface area contributed by atoms with E-state index in [0.29, 0.717) is 18.4 Å². The predicted octanol–water partition coefficient (Wildman–Crippen LogP) is 2.20. The summed E-state index contributed by atoms with van der Waals surface area (Å²) in [6.45, 7) is 5.82. The van der Waals surface area contributed by atoms with Crippen LogP contribution in [-0.4, -0.2) is 33.3 Å².